The van der Waals surface area contributed by atoms with Gasteiger partial charge in [-0.15, -0.1) is 0 Å². The van der Waals surface area contributed by atoms with Crippen LogP contribution < -0.4 is 10.6 Å². The van der Waals surface area contributed by atoms with Gasteiger partial charge in [0.25, 0.3) is 0 Å². The lowest BCUT2D eigenvalue weighted by atomic mass is 10.2. The molecule has 2 N–H and O–H groups in total. The van der Waals surface area contributed by atoms with Gasteiger partial charge in [-0.1, -0.05) is 12.1 Å². The molecule has 0 radical (unpaired) electrons. The molecular weight excluding hydrogens is 344 g/mol. The summed E-state index contributed by atoms with van der Waals surface area (Å²) in [5.74, 6) is 0.700. The van der Waals surface area contributed by atoms with Crippen LogP contribution in [-0.2, 0) is 23.1 Å². The first-order valence-corrected chi connectivity index (χ1v) is 9.79. The predicted molar refractivity (Wildman–Crippen MR) is 98.7 cm³/mol. The summed E-state index contributed by atoms with van der Waals surface area (Å²) < 4.78 is 25.3. The van der Waals surface area contributed by atoms with Crippen molar-refractivity contribution in [2.24, 2.45) is 4.99 Å². The molecular formula is C16H22N4O2S2. The Morgan fingerprint density at radius 1 is 1.08 bits per heavy atom. The summed E-state index contributed by atoms with van der Waals surface area (Å²) in [7, 11) is 1.38. The summed E-state index contributed by atoms with van der Waals surface area (Å²) in [6.45, 7) is 1.27. The van der Waals surface area contributed by atoms with Crippen LogP contribution in [0, 0.1) is 0 Å². The van der Waals surface area contributed by atoms with E-state index in [1.165, 1.54) is 24.0 Å². The lowest BCUT2D eigenvalue weighted by molar-refractivity contribution is 0.520. The van der Waals surface area contributed by atoms with E-state index in [-0.39, 0.29) is 4.90 Å². The molecule has 0 aliphatic rings. The highest BCUT2D eigenvalue weighted by atomic mass is 32.2. The minimum absolute atomic E-state index is 0.288. The fourth-order valence-corrected chi connectivity index (χ4v) is 3.55. The Kier molecular flexibility index (Phi) is 6.36. The van der Waals surface area contributed by atoms with E-state index in [9.17, 15) is 8.42 Å². The molecule has 24 heavy (non-hydrogen) atoms. The molecule has 2 rings (SSSR count). The zero-order chi connectivity index (χ0) is 17.6. The summed E-state index contributed by atoms with van der Waals surface area (Å²) in [5.41, 5.74) is 2.19. The van der Waals surface area contributed by atoms with Gasteiger partial charge in [-0.25, -0.2) is 12.7 Å². The van der Waals surface area contributed by atoms with Gasteiger partial charge in [0.1, 0.15) is 0 Å². The lowest BCUT2D eigenvalue weighted by Gasteiger charge is -2.13. The van der Waals surface area contributed by atoms with E-state index in [0.29, 0.717) is 19.0 Å². The molecule has 1 aromatic heterocycles. The fraction of sp³-hybridized carbons (Fsp3) is 0.312. The average Bonchev–Trinajstić information content (AvgIpc) is 3.08. The summed E-state index contributed by atoms with van der Waals surface area (Å²) in [5, 5.41) is 10.6. The van der Waals surface area contributed by atoms with E-state index in [0.717, 1.165) is 5.56 Å². The van der Waals surface area contributed by atoms with Crippen LogP contribution >= 0.6 is 11.3 Å². The minimum atomic E-state index is -3.39. The number of nitrogens with one attached hydrogen (secondary N) is 2. The normalized spacial score (nSPS) is 12.4. The monoisotopic (exact) mass is 366 g/mol. The van der Waals surface area contributed by atoms with Gasteiger partial charge in [-0.05, 0) is 40.1 Å². The maximum atomic E-state index is 12.0. The first-order valence-electron chi connectivity index (χ1n) is 7.40. The molecule has 0 saturated heterocycles. The Morgan fingerprint density at radius 3 is 2.21 bits per heavy atom. The third kappa shape index (κ3) is 4.80. The highest BCUT2D eigenvalue weighted by Crippen LogP contribution is 2.13. The maximum Gasteiger partial charge on any atom is 0.242 e. The Labute approximate surface area is 147 Å². The molecule has 0 spiro atoms. The molecule has 0 aliphatic heterocycles. The first-order chi connectivity index (χ1) is 11.4. The largest absolute Gasteiger partial charge is 0.352 e. The Bertz CT molecular complexity index is 767. The van der Waals surface area contributed by atoms with Gasteiger partial charge in [0.05, 0.1) is 4.90 Å². The number of nitrogens with zero attached hydrogens (tertiary/aromatic N) is 2. The lowest BCUT2D eigenvalue weighted by Crippen LogP contribution is -2.36. The van der Waals surface area contributed by atoms with E-state index in [4.69, 9.17) is 0 Å². The molecule has 0 fully saturated rings. The standard InChI is InChI=1S/C16H22N4O2S2/c1-17-16(19-11-14-8-9-23-12-14)18-10-13-4-6-15(7-5-13)24(21,22)20(2)3/h4-9,12H,10-11H2,1-3H3,(H2,17,18,19). The SMILES string of the molecule is CN=C(NCc1ccc(S(=O)(=O)N(C)C)cc1)NCc1ccsc1. The average molecular weight is 367 g/mol. The van der Waals surface area contributed by atoms with Crippen LogP contribution in [-0.4, -0.2) is 39.8 Å². The molecule has 130 valence electrons. The quantitative estimate of drug-likeness (QED) is 0.605. The van der Waals surface area contributed by atoms with Crippen molar-refractivity contribution < 1.29 is 8.42 Å². The van der Waals surface area contributed by atoms with Crippen LogP contribution in [0.15, 0.2) is 51.0 Å². The van der Waals surface area contributed by atoms with Crippen LogP contribution in [0.3, 0.4) is 0 Å². The highest BCUT2D eigenvalue weighted by molar-refractivity contribution is 7.89. The number of hydrogen-bond acceptors (Lipinski definition) is 4. The second kappa shape index (κ2) is 8.27. The van der Waals surface area contributed by atoms with Crippen molar-refractivity contribution in [3.05, 3.63) is 52.2 Å². The molecule has 2 aromatic rings. The Balaban J connectivity index is 1.91. The zero-order valence-corrected chi connectivity index (χ0v) is 15.6. The predicted octanol–water partition coefficient (Wildman–Crippen LogP) is 1.86. The van der Waals surface area contributed by atoms with E-state index < -0.39 is 10.0 Å². The van der Waals surface area contributed by atoms with Crippen molar-refractivity contribution in [3.63, 3.8) is 0 Å². The summed E-state index contributed by atoms with van der Waals surface area (Å²) in [6.07, 6.45) is 0. The summed E-state index contributed by atoms with van der Waals surface area (Å²) in [4.78, 5) is 4.47. The minimum Gasteiger partial charge on any atom is -0.352 e. The number of rotatable bonds is 6. The van der Waals surface area contributed by atoms with Gasteiger partial charge in [-0.3, -0.25) is 4.99 Å². The van der Waals surface area contributed by atoms with Gasteiger partial charge in [0.2, 0.25) is 10.0 Å². The van der Waals surface area contributed by atoms with Crippen molar-refractivity contribution >= 4 is 27.3 Å². The van der Waals surface area contributed by atoms with Crippen molar-refractivity contribution in [2.75, 3.05) is 21.1 Å². The first kappa shape index (κ1) is 18.4. The van der Waals surface area contributed by atoms with Gasteiger partial charge >= 0.3 is 0 Å². The molecule has 1 aromatic carbocycles. The molecule has 0 bridgehead atoms. The zero-order valence-electron chi connectivity index (χ0n) is 14.0. The molecule has 0 atom stereocenters. The van der Waals surface area contributed by atoms with Crippen LogP contribution in [0.4, 0.5) is 0 Å². The molecule has 6 nitrogen and oxygen atoms in total. The van der Waals surface area contributed by atoms with E-state index in [1.807, 2.05) is 5.38 Å². The van der Waals surface area contributed by atoms with Gasteiger partial charge in [0, 0.05) is 34.2 Å². The molecule has 1 heterocycles. The summed E-state index contributed by atoms with van der Waals surface area (Å²) >= 11 is 1.66. The number of benzene rings is 1. The van der Waals surface area contributed by atoms with Crippen LogP contribution in [0.1, 0.15) is 11.1 Å². The summed E-state index contributed by atoms with van der Waals surface area (Å²) in [6, 6.07) is 8.90. The van der Waals surface area contributed by atoms with Crippen molar-refractivity contribution in [2.45, 2.75) is 18.0 Å². The molecule has 0 saturated carbocycles. The second-order valence-electron chi connectivity index (χ2n) is 5.34. The molecule has 0 unspecified atom stereocenters. The number of sulfonamides is 1. The van der Waals surface area contributed by atoms with Crippen molar-refractivity contribution in [1.29, 1.82) is 0 Å². The third-order valence-electron chi connectivity index (χ3n) is 3.43. The number of guanidine groups is 1. The van der Waals surface area contributed by atoms with Crippen LogP contribution in [0.5, 0.6) is 0 Å². The van der Waals surface area contributed by atoms with Crippen molar-refractivity contribution in [1.82, 2.24) is 14.9 Å². The van der Waals surface area contributed by atoms with E-state index >= 15 is 0 Å². The van der Waals surface area contributed by atoms with E-state index in [1.54, 1.807) is 42.6 Å². The van der Waals surface area contributed by atoms with Crippen LogP contribution in [0.2, 0.25) is 0 Å². The highest BCUT2D eigenvalue weighted by Gasteiger charge is 2.16. The fourth-order valence-electron chi connectivity index (χ4n) is 1.98. The molecule has 0 amide bonds. The number of aliphatic imine (C=N–C) groups is 1. The Morgan fingerprint density at radius 2 is 1.71 bits per heavy atom. The third-order valence-corrected chi connectivity index (χ3v) is 5.99. The second-order valence-corrected chi connectivity index (χ2v) is 8.27. The van der Waals surface area contributed by atoms with Gasteiger partial charge < -0.3 is 10.6 Å². The van der Waals surface area contributed by atoms with E-state index in [2.05, 4.69) is 27.1 Å². The molecule has 0 aliphatic carbocycles. The number of thiophene rings is 1. The topological polar surface area (TPSA) is 73.8 Å². The number of hydrogen-bond donors (Lipinski definition) is 2. The smallest absolute Gasteiger partial charge is 0.242 e. The van der Waals surface area contributed by atoms with Crippen molar-refractivity contribution in [3.8, 4) is 0 Å². The maximum absolute atomic E-state index is 12.0. The van der Waals surface area contributed by atoms with Gasteiger partial charge in [0.15, 0.2) is 5.96 Å². The Hall–Kier alpha value is -1.90. The molecule has 8 heteroatoms. The van der Waals surface area contributed by atoms with Crippen LogP contribution in [0.25, 0.3) is 0 Å². The van der Waals surface area contributed by atoms with Gasteiger partial charge in [-0.2, -0.15) is 11.3 Å².